The first-order valence-corrected chi connectivity index (χ1v) is 22.9. The molecule has 1 aliphatic carbocycles. The standard InChI is InChI=1S/C61H58N2/c1-9-41-25-30-46(31-26-41)62(44-19-13-11-14-20-44)48-34-37-50-43(39-48)29-36-54-56-52-24-18-17-23-51(52)55-40-49(63(45-21-15-12-16-22-45)47-32-27-42(10-2)28-33-47)35-38-53(55)58(56)61(57(50)54,59(3,4)5)60(6,7)8/h11-40H,9-10H2,1-8H3. The lowest BCUT2D eigenvalue weighted by Gasteiger charge is -2.54. The van der Waals surface area contributed by atoms with Crippen molar-refractivity contribution in [2.75, 3.05) is 9.80 Å². The Balaban J connectivity index is 1.24. The van der Waals surface area contributed by atoms with Crippen LogP contribution in [0.5, 0.6) is 0 Å². The van der Waals surface area contributed by atoms with Crippen LogP contribution in [0, 0.1) is 10.8 Å². The number of nitrogens with zero attached hydrogens (tertiary/aromatic N) is 2. The smallest absolute Gasteiger partial charge is 0.0468 e. The summed E-state index contributed by atoms with van der Waals surface area (Å²) in [5, 5.41) is 7.80. The fourth-order valence-electron chi connectivity index (χ4n) is 11.6. The third-order valence-electron chi connectivity index (χ3n) is 14.0. The molecule has 0 aromatic heterocycles. The van der Waals surface area contributed by atoms with Gasteiger partial charge in [0.15, 0.2) is 0 Å². The molecule has 312 valence electrons. The summed E-state index contributed by atoms with van der Waals surface area (Å²) in [5.41, 5.74) is 14.5. The lowest BCUT2D eigenvalue weighted by Crippen LogP contribution is -2.50. The molecular weight excluding hydrogens is 761 g/mol. The van der Waals surface area contributed by atoms with Gasteiger partial charge in [-0.1, -0.05) is 165 Å². The molecule has 1 aliphatic rings. The van der Waals surface area contributed by atoms with E-state index >= 15 is 0 Å². The van der Waals surface area contributed by atoms with Gasteiger partial charge in [0.25, 0.3) is 0 Å². The number of para-hydroxylation sites is 2. The average molecular weight is 819 g/mol. The molecule has 2 nitrogen and oxygen atoms in total. The van der Waals surface area contributed by atoms with E-state index in [0.29, 0.717) is 0 Å². The van der Waals surface area contributed by atoms with Crippen LogP contribution in [0.1, 0.15) is 77.6 Å². The molecule has 0 bridgehead atoms. The van der Waals surface area contributed by atoms with Crippen molar-refractivity contribution in [3.05, 3.63) is 204 Å². The number of rotatable bonds is 8. The van der Waals surface area contributed by atoms with Crippen LogP contribution in [-0.2, 0) is 18.3 Å². The molecule has 0 heterocycles. The SMILES string of the molecule is CCc1ccc(N(c2ccccc2)c2ccc3c4c(ccc3c2)-c2c(c3ccc(N(c5ccccc5)c5ccc(CC)cc5)cc3c3ccccc23)C4(C(C)(C)C)C(C)(C)C)cc1. The molecule has 2 heteroatoms. The topological polar surface area (TPSA) is 6.48 Å². The molecule has 0 atom stereocenters. The Morgan fingerprint density at radius 2 is 0.810 bits per heavy atom. The fraction of sp³-hybridized carbons (Fsp3) is 0.213. The monoisotopic (exact) mass is 818 g/mol. The van der Waals surface area contributed by atoms with Gasteiger partial charge in [0.05, 0.1) is 0 Å². The second-order valence-corrected chi connectivity index (χ2v) is 19.6. The zero-order valence-corrected chi connectivity index (χ0v) is 38.1. The number of hydrogen-bond acceptors (Lipinski definition) is 2. The second-order valence-electron chi connectivity index (χ2n) is 19.6. The molecule has 0 aliphatic heterocycles. The van der Waals surface area contributed by atoms with Gasteiger partial charge in [-0.2, -0.15) is 0 Å². The minimum absolute atomic E-state index is 0.166. The maximum atomic E-state index is 2.48. The van der Waals surface area contributed by atoms with Crippen LogP contribution in [0.15, 0.2) is 182 Å². The second kappa shape index (κ2) is 15.3. The molecule has 9 aromatic carbocycles. The van der Waals surface area contributed by atoms with Crippen molar-refractivity contribution in [3.8, 4) is 11.1 Å². The van der Waals surface area contributed by atoms with E-state index in [2.05, 4.69) is 247 Å². The highest BCUT2D eigenvalue weighted by molar-refractivity contribution is 6.20. The van der Waals surface area contributed by atoms with Crippen LogP contribution in [0.25, 0.3) is 43.4 Å². The molecule has 0 spiro atoms. The van der Waals surface area contributed by atoms with Crippen molar-refractivity contribution in [1.82, 2.24) is 0 Å². The first-order valence-electron chi connectivity index (χ1n) is 22.9. The quantitative estimate of drug-likeness (QED) is 0.141. The number of hydrogen-bond donors (Lipinski definition) is 0. The van der Waals surface area contributed by atoms with Gasteiger partial charge in [0.1, 0.15) is 0 Å². The van der Waals surface area contributed by atoms with Gasteiger partial charge in [0, 0.05) is 39.5 Å². The Kier molecular flexibility index (Phi) is 9.83. The molecule has 0 unspecified atom stereocenters. The summed E-state index contributed by atoms with van der Waals surface area (Å²) < 4.78 is 0. The van der Waals surface area contributed by atoms with E-state index in [0.717, 1.165) is 47.0 Å². The van der Waals surface area contributed by atoms with Crippen molar-refractivity contribution < 1.29 is 0 Å². The Bertz CT molecular complexity index is 3120. The van der Waals surface area contributed by atoms with Crippen LogP contribution in [-0.4, -0.2) is 0 Å². The molecule has 0 saturated carbocycles. The van der Waals surface area contributed by atoms with E-state index in [1.807, 2.05) is 0 Å². The lowest BCUT2D eigenvalue weighted by molar-refractivity contribution is 0.0977. The van der Waals surface area contributed by atoms with Crippen LogP contribution in [0.3, 0.4) is 0 Å². The number of anilines is 6. The van der Waals surface area contributed by atoms with Crippen LogP contribution in [0.2, 0.25) is 0 Å². The van der Waals surface area contributed by atoms with Gasteiger partial charge in [-0.3, -0.25) is 0 Å². The average Bonchev–Trinajstić information content (AvgIpc) is 3.65. The number of fused-ring (bicyclic) bond motifs is 10. The predicted molar refractivity (Wildman–Crippen MR) is 272 cm³/mol. The van der Waals surface area contributed by atoms with Gasteiger partial charge in [-0.05, 0) is 162 Å². The third kappa shape index (κ3) is 6.37. The Hall–Kier alpha value is -6.64. The lowest BCUT2D eigenvalue weighted by atomic mass is 9.49. The van der Waals surface area contributed by atoms with E-state index in [1.54, 1.807) is 0 Å². The maximum Gasteiger partial charge on any atom is 0.0468 e. The van der Waals surface area contributed by atoms with Crippen LogP contribution in [0.4, 0.5) is 34.1 Å². The zero-order valence-electron chi connectivity index (χ0n) is 38.1. The predicted octanol–water partition coefficient (Wildman–Crippen LogP) is 17.6. The van der Waals surface area contributed by atoms with Crippen molar-refractivity contribution in [2.24, 2.45) is 10.8 Å². The zero-order chi connectivity index (χ0) is 43.7. The highest BCUT2D eigenvalue weighted by Gasteiger charge is 2.59. The largest absolute Gasteiger partial charge is 0.310 e. The Morgan fingerprint density at radius 1 is 0.365 bits per heavy atom. The first-order chi connectivity index (χ1) is 30.4. The van der Waals surface area contributed by atoms with Crippen LogP contribution >= 0.6 is 0 Å². The molecule has 63 heavy (non-hydrogen) atoms. The number of benzene rings is 9. The van der Waals surface area contributed by atoms with Gasteiger partial charge in [-0.25, -0.2) is 0 Å². The fourth-order valence-corrected chi connectivity index (χ4v) is 11.6. The van der Waals surface area contributed by atoms with Gasteiger partial charge in [0.2, 0.25) is 0 Å². The molecule has 0 amide bonds. The molecule has 0 saturated heterocycles. The van der Waals surface area contributed by atoms with Crippen molar-refractivity contribution in [1.29, 1.82) is 0 Å². The summed E-state index contributed by atoms with van der Waals surface area (Å²) in [6, 6.07) is 68.2. The van der Waals surface area contributed by atoms with E-state index in [9.17, 15) is 0 Å². The molecule has 10 rings (SSSR count). The summed E-state index contributed by atoms with van der Waals surface area (Å²) in [5.74, 6) is 0. The highest BCUT2D eigenvalue weighted by Crippen LogP contribution is 2.68. The summed E-state index contributed by atoms with van der Waals surface area (Å²) in [6.45, 7) is 19.3. The number of aryl methyl sites for hydroxylation is 2. The van der Waals surface area contributed by atoms with E-state index in [4.69, 9.17) is 0 Å². The normalized spacial score (nSPS) is 13.3. The Labute approximate surface area is 374 Å². The van der Waals surface area contributed by atoms with E-state index in [-0.39, 0.29) is 16.2 Å². The Morgan fingerprint density at radius 3 is 1.32 bits per heavy atom. The van der Waals surface area contributed by atoms with Gasteiger partial charge >= 0.3 is 0 Å². The van der Waals surface area contributed by atoms with Gasteiger partial charge in [-0.15, -0.1) is 0 Å². The highest BCUT2D eigenvalue weighted by atomic mass is 15.1. The molecule has 9 aromatic rings. The summed E-state index contributed by atoms with van der Waals surface area (Å²) in [7, 11) is 0. The van der Waals surface area contributed by atoms with Crippen molar-refractivity contribution in [3.63, 3.8) is 0 Å². The van der Waals surface area contributed by atoms with Crippen molar-refractivity contribution in [2.45, 2.75) is 73.6 Å². The molecule has 0 N–H and O–H groups in total. The maximum absolute atomic E-state index is 2.48. The molecule has 0 radical (unpaired) electrons. The minimum atomic E-state index is -0.361. The summed E-state index contributed by atoms with van der Waals surface area (Å²) in [4.78, 5) is 4.81. The summed E-state index contributed by atoms with van der Waals surface area (Å²) >= 11 is 0. The molecular formula is C61H58N2. The third-order valence-corrected chi connectivity index (χ3v) is 14.0. The van der Waals surface area contributed by atoms with Gasteiger partial charge < -0.3 is 9.80 Å². The van der Waals surface area contributed by atoms with E-state index < -0.39 is 0 Å². The summed E-state index contributed by atoms with van der Waals surface area (Å²) in [6.07, 6.45) is 2.03. The van der Waals surface area contributed by atoms with E-state index in [1.165, 1.54) is 65.7 Å². The van der Waals surface area contributed by atoms with Crippen molar-refractivity contribution >= 4 is 66.4 Å². The van der Waals surface area contributed by atoms with Crippen LogP contribution < -0.4 is 9.80 Å². The minimum Gasteiger partial charge on any atom is -0.310 e. The molecule has 0 fully saturated rings. The first kappa shape index (κ1) is 40.4.